The van der Waals surface area contributed by atoms with E-state index >= 15 is 0 Å². The first kappa shape index (κ1) is 13.3. The zero-order chi connectivity index (χ0) is 13.7. The topological polar surface area (TPSA) is 39.2 Å². The second-order valence-corrected chi connectivity index (χ2v) is 4.30. The van der Waals surface area contributed by atoms with E-state index in [4.69, 9.17) is 4.74 Å². The number of pyridine rings is 1. The lowest BCUT2D eigenvalue weighted by atomic mass is 9.92. The summed E-state index contributed by atoms with van der Waals surface area (Å²) < 4.78 is 5.51. The van der Waals surface area contributed by atoms with Crippen LogP contribution in [0.2, 0.25) is 0 Å². The van der Waals surface area contributed by atoms with Crippen molar-refractivity contribution in [2.45, 2.75) is 19.8 Å². The van der Waals surface area contributed by atoms with E-state index < -0.39 is 0 Å². The SMILES string of the molecule is CCOc1ccccc1C(=O)C(C)c1ccncc1. The molecule has 0 saturated heterocycles. The van der Waals surface area contributed by atoms with Crippen LogP contribution in [-0.4, -0.2) is 17.4 Å². The second kappa shape index (κ2) is 6.14. The minimum absolute atomic E-state index is 0.0650. The van der Waals surface area contributed by atoms with Crippen LogP contribution < -0.4 is 4.74 Å². The van der Waals surface area contributed by atoms with Crippen LogP contribution in [-0.2, 0) is 0 Å². The van der Waals surface area contributed by atoms with Gasteiger partial charge in [-0.25, -0.2) is 0 Å². The number of Topliss-reactive ketones (excluding diaryl/α,β-unsaturated/α-hetero) is 1. The number of hydrogen-bond acceptors (Lipinski definition) is 3. The van der Waals surface area contributed by atoms with Gasteiger partial charge in [0.1, 0.15) is 5.75 Å². The molecule has 1 aromatic heterocycles. The van der Waals surface area contributed by atoms with Gasteiger partial charge in [0.05, 0.1) is 12.2 Å². The van der Waals surface area contributed by atoms with E-state index in [-0.39, 0.29) is 11.7 Å². The van der Waals surface area contributed by atoms with Crippen LogP contribution in [0.5, 0.6) is 5.75 Å². The van der Waals surface area contributed by atoms with E-state index in [1.54, 1.807) is 12.4 Å². The van der Waals surface area contributed by atoms with Crippen molar-refractivity contribution >= 4 is 5.78 Å². The van der Waals surface area contributed by atoms with Gasteiger partial charge in [0.2, 0.25) is 0 Å². The van der Waals surface area contributed by atoms with E-state index in [2.05, 4.69) is 4.98 Å². The Bertz CT molecular complexity index is 552. The fourth-order valence-corrected chi connectivity index (χ4v) is 1.99. The molecule has 2 rings (SSSR count). The molecule has 0 aliphatic rings. The number of rotatable bonds is 5. The first-order valence-electron chi connectivity index (χ1n) is 6.40. The molecule has 1 heterocycles. The van der Waals surface area contributed by atoms with Gasteiger partial charge in [-0.1, -0.05) is 19.1 Å². The smallest absolute Gasteiger partial charge is 0.173 e. The zero-order valence-corrected chi connectivity index (χ0v) is 11.2. The number of ketones is 1. The zero-order valence-electron chi connectivity index (χ0n) is 11.2. The van der Waals surface area contributed by atoms with Gasteiger partial charge in [0.25, 0.3) is 0 Å². The maximum Gasteiger partial charge on any atom is 0.173 e. The van der Waals surface area contributed by atoms with Gasteiger partial charge in [0.15, 0.2) is 5.78 Å². The lowest BCUT2D eigenvalue weighted by Crippen LogP contribution is -2.11. The average Bonchev–Trinajstić information content (AvgIpc) is 2.47. The molecule has 0 fully saturated rings. The molecule has 1 unspecified atom stereocenters. The fraction of sp³-hybridized carbons (Fsp3) is 0.250. The van der Waals surface area contributed by atoms with Crippen LogP contribution in [0.25, 0.3) is 0 Å². The van der Waals surface area contributed by atoms with Gasteiger partial charge in [-0.3, -0.25) is 9.78 Å². The molecule has 2 aromatic rings. The number of aromatic nitrogens is 1. The Morgan fingerprint density at radius 3 is 2.58 bits per heavy atom. The molecule has 1 atom stereocenters. The molecule has 0 aliphatic carbocycles. The number of hydrogen-bond donors (Lipinski definition) is 0. The Morgan fingerprint density at radius 1 is 1.21 bits per heavy atom. The minimum atomic E-state index is -0.204. The summed E-state index contributed by atoms with van der Waals surface area (Å²) in [4.78, 5) is 16.5. The predicted molar refractivity (Wildman–Crippen MR) is 74.6 cm³/mol. The molecular weight excluding hydrogens is 238 g/mol. The molecule has 0 N–H and O–H groups in total. The molecule has 0 amide bonds. The van der Waals surface area contributed by atoms with E-state index in [1.165, 1.54) is 0 Å². The number of carbonyl (C=O) groups excluding carboxylic acids is 1. The van der Waals surface area contributed by atoms with Gasteiger partial charge >= 0.3 is 0 Å². The van der Waals surface area contributed by atoms with Crippen molar-refractivity contribution in [3.8, 4) is 5.75 Å². The Balaban J connectivity index is 2.29. The summed E-state index contributed by atoms with van der Waals surface area (Å²) in [6.45, 7) is 4.36. The summed E-state index contributed by atoms with van der Waals surface area (Å²) >= 11 is 0. The van der Waals surface area contributed by atoms with Gasteiger partial charge in [-0.2, -0.15) is 0 Å². The highest BCUT2D eigenvalue weighted by Crippen LogP contribution is 2.26. The average molecular weight is 255 g/mol. The highest BCUT2D eigenvalue weighted by Gasteiger charge is 2.20. The number of ether oxygens (including phenoxy) is 1. The van der Waals surface area contributed by atoms with Crippen molar-refractivity contribution in [2.24, 2.45) is 0 Å². The molecule has 0 spiro atoms. The van der Waals surface area contributed by atoms with Crippen LogP contribution in [0.15, 0.2) is 48.8 Å². The van der Waals surface area contributed by atoms with E-state index in [1.807, 2.05) is 50.2 Å². The molecule has 3 nitrogen and oxygen atoms in total. The highest BCUT2D eigenvalue weighted by molar-refractivity contribution is 6.02. The van der Waals surface area contributed by atoms with Gasteiger partial charge in [-0.15, -0.1) is 0 Å². The third-order valence-corrected chi connectivity index (χ3v) is 3.05. The van der Waals surface area contributed by atoms with Crippen molar-refractivity contribution < 1.29 is 9.53 Å². The molecule has 0 aliphatic heterocycles. The first-order chi connectivity index (χ1) is 9.24. The van der Waals surface area contributed by atoms with Crippen molar-refractivity contribution in [2.75, 3.05) is 6.61 Å². The van der Waals surface area contributed by atoms with Gasteiger partial charge in [-0.05, 0) is 36.8 Å². The molecule has 3 heteroatoms. The fourth-order valence-electron chi connectivity index (χ4n) is 1.99. The number of nitrogens with zero attached hydrogens (tertiary/aromatic N) is 1. The molecular formula is C16H17NO2. The van der Waals surface area contributed by atoms with Crippen LogP contribution in [0.1, 0.15) is 35.7 Å². The number of benzene rings is 1. The third-order valence-electron chi connectivity index (χ3n) is 3.05. The lowest BCUT2D eigenvalue weighted by molar-refractivity contribution is 0.0962. The van der Waals surface area contributed by atoms with E-state index in [9.17, 15) is 4.79 Å². The second-order valence-electron chi connectivity index (χ2n) is 4.30. The molecule has 0 radical (unpaired) electrons. The van der Waals surface area contributed by atoms with E-state index in [0.29, 0.717) is 17.9 Å². The monoisotopic (exact) mass is 255 g/mol. The van der Waals surface area contributed by atoms with Crippen molar-refractivity contribution in [1.82, 2.24) is 4.98 Å². The summed E-state index contributed by atoms with van der Waals surface area (Å²) in [5, 5.41) is 0. The van der Waals surface area contributed by atoms with Crippen LogP contribution in [0.4, 0.5) is 0 Å². The summed E-state index contributed by atoms with van der Waals surface area (Å²) in [6.07, 6.45) is 3.40. The lowest BCUT2D eigenvalue weighted by Gasteiger charge is -2.14. The van der Waals surface area contributed by atoms with E-state index in [0.717, 1.165) is 5.56 Å². The first-order valence-corrected chi connectivity index (χ1v) is 6.40. The van der Waals surface area contributed by atoms with Crippen molar-refractivity contribution in [1.29, 1.82) is 0 Å². The van der Waals surface area contributed by atoms with Gasteiger partial charge < -0.3 is 4.74 Å². The third kappa shape index (κ3) is 2.99. The van der Waals surface area contributed by atoms with Crippen molar-refractivity contribution in [3.63, 3.8) is 0 Å². The molecule has 19 heavy (non-hydrogen) atoms. The maximum absolute atomic E-state index is 12.5. The van der Waals surface area contributed by atoms with Gasteiger partial charge in [0, 0.05) is 18.3 Å². The van der Waals surface area contributed by atoms with Crippen molar-refractivity contribution in [3.05, 3.63) is 59.9 Å². The summed E-state index contributed by atoms with van der Waals surface area (Å²) in [6, 6.07) is 11.1. The summed E-state index contributed by atoms with van der Waals surface area (Å²) in [5.74, 6) is 0.510. The normalized spacial score (nSPS) is 11.9. The van der Waals surface area contributed by atoms with Crippen LogP contribution >= 0.6 is 0 Å². The molecule has 98 valence electrons. The standard InChI is InChI=1S/C16H17NO2/c1-3-19-15-7-5-4-6-14(15)16(18)12(2)13-8-10-17-11-9-13/h4-12H,3H2,1-2H3. The maximum atomic E-state index is 12.5. The van der Waals surface area contributed by atoms with Crippen LogP contribution in [0.3, 0.4) is 0 Å². The molecule has 0 bridgehead atoms. The highest BCUT2D eigenvalue weighted by atomic mass is 16.5. The Kier molecular flexibility index (Phi) is 4.29. The largest absolute Gasteiger partial charge is 0.493 e. The Labute approximate surface area is 113 Å². The summed E-state index contributed by atoms with van der Waals surface area (Å²) in [7, 11) is 0. The molecule has 1 aromatic carbocycles. The quantitative estimate of drug-likeness (QED) is 0.768. The minimum Gasteiger partial charge on any atom is -0.493 e. The number of carbonyl (C=O) groups is 1. The molecule has 0 saturated carbocycles. The Morgan fingerprint density at radius 2 is 1.89 bits per heavy atom. The Hall–Kier alpha value is -2.16. The van der Waals surface area contributed by atoms with Crippen LogP contribution in [0, 0.1) is 0 Å². The summed E-state index contributed by atoms with van der Waals surface area (Å²) in [5.41, 5.74) is 1.60. The number of para-hydroxylation sites is 1. The predicted octanol–water partition coefficient (Wildman–Crippen LogP) is 3.47.